The maximum absolute atomic E-state index is 10.4. The SMILES string of the molecule is CCC(N)c1noc(=O)[nH]1. The molecule has 0 saturated heterocycles. The molecule has 0 fully saturated rings. The first kappa shape index (κ1) is 7.01. The molecule has 1 heterocycles. The molecule has 0 spiro atoms. The average Bonchev–Trinajstić information content (AvgIpc) is 2.34. The van der Waals surface area contributed by atoms with Crippen LogP contribution in [0.5, 0.6) is 0 Å². The van der Waals surface area contributed by atoms with E-state index in [0.29, 0.717) is 5.82 Å². The number of hydrogen-bond donors (Lipinski definition) is 2. The van der Waals surface area contributed by atoms with Gasteiger partial charge < -0.3 is 5.73 Å². The van der Waals surface area contributed by atoms with Crippen LogP contribution in [0.4, 0.5) is 0 Å². The van der Waals surface area contributed by atoms with Gasteiger partial charge in [-0.3, -0.25) is 9.51 Å². The molecule has 5 nitrogen and oxygen atoms in total. The van der Waals surface area contributed by atoms with Gasteiger partial charge in [0.15, 0.2) is 5.82 Å². The first-order valence-electron chi connectivity index (χ1n) is 3.05. The Bertz CT molecular complexity index is 251. The third-order valence-corrected chi connectivity index (χ3v) is 1.25. The van der Waals surface area contributed by atoms with Crippen molar-refractivity contribution in [2.75, 3.05) is 0 Å². The summed E-state index contributed by atoms with van der Waals surface area (Å²) in [5.41, 5.74) is 5.51. The minimum absolute atomic E-state index is 0.230. The minimum atomic E-state index is -0.557. The van der Waals surface area contributed by atoms with Gasteiger partial charge in [0.1, 0.15) is 0 Å². The summed E-state index contributed by atoms with van der Waals surface area (Å²) >= 11 is 0. The van der Waals surface area contributed by atoms with E-state index < -0.39 is 5.76 Å². The van der Waals surface area contributed by atoms with E-state index in [4.69, 9.17) is 5.73 Å². The number of nitrogens with two attached hydrogens (primary N) is 1. The van der Waals surface area contributed by atoms with Crippen molar-refractivity contribution in [2.45, 2.75) is 19.4 Å². The predicted octanol–water partition coefficient (Wildman–Crippen LogP) is -0.227. The molecule has 1 aromatic rings. The molecule has 0 amide bonds. The second kappa shape index (κ2) is 2.66. The summed E-state index contributed by atoms with van der Waals surface area (Å²) in [5, 5.41) is 3.42. The first-order valence-corrected chi connectivity index (χ1v) is 3.05. The molecule has 56 valence electrons. The first-order chi connectivity index (χ1) is 4.74. The van der Waals surface area contributed by atoms with E-state index in [1.54, 1.807) is 0 Å². The van der Waals surface area contributed by atoms with Gasteiger partial charge in [0.2, 0.25) is 0 Å². The zero-order valence-electron chi connectivity index (χ0n) is 5.63. The monoisotopic (exact) mass is 143 g/mol. The molecule has 1 aromatic heterocycles. The van der Waals surface area contributed by atoms with E-state index in [2.05, 4.69) is 14.7 Å². The van der Waals surface area contributed by atoms with Gasteiger partial charge in [-0.1, -0.05) is 12.1 Å². The molecular formula is C5H9N3O2. The molecule has 1 unspecified atom stereocenters. The Morgan fingerprint density at radius 2 is 2.60 bits per heavy atom. The number of rotatable bonds is 2. The Morgan fingerprint density at radius 1 is 1.90 bits per heavy atom. The Morgan fingerprint density at radius 3 is 3.00 bits per heavy atom. The quantitative estimate of drug-likeness (QED) is 0.599. The number of aromatic nitrogens is 2. The van der Waals surface area contributed by atoms with Crippen molar-refractivity contribution in [3.63, 3.8) is 0 Å². The van der Waals surface area contributed by atoms with Gasteiger partial charge in [0.05, 0.1) is 6.04 Å². The molecule has 1 atom stereocenters. The molecular weight excluding hydrogens is 134 g/mol. The topological polar surface area (TPSA) is 84.9 Å². The number of H-pyrrole nitrogens is 1. The highest BCUT2D eigenvalue weighted by atomic mass is 16.5. The van der Waals surface area contributed by atoms with Crippen LogP contribution in [0.15, 0.2) is 9.32 Å². The Hall–Kier alpha value is -1.10. The number of hydrogen-bond acceptors (Lipinski definition) is 4. The third-order valence-electron chi connectivity index (χ3n) is 1.25. The lowest BCUT2D eigenvalue weighted by Gasteiger charge is -1.99. The van der Waals surface area contributed by atoms with Crippen molar-refractivity contribution in [3.05, 3.63) is 16.4 Å². The van der Waals surface area contributed by atoms with E-state index >= 15 is 0 Å². The van der Waals surface area contributed by atoms with Crippen LogP contribution in [0.1, 0.15) is 25.2 Å². The number of aromatic amines is 1. The summed E-state index contributed by atoms with van der Waals surface area (Å²) in [6, 6.07) is -0.230. The molecule has 0 saturated carbocycles. The lowest BCUT2D eigenvalue weighted by Crippen LogP contribution is -2.11. The standard InChI is InChI=1S/C5H9N3O2/c1-2-3(6)4-7-5(9)10-8-4/h3H,2,6H2,1H3,(H,7,8,9). The molecule has 0 aliphatic carbocycles. The smallest absolute Gasteiger partial charge is 0.321 e. The summed E-state index contributed by atoms with van der Waals surface area (Å²) < 4.78 is 4.25. The second-order valence-electron chi connectivity index (χ2n) is 2.00. The van der Waals surface area contributed by atoms with E-state index in [-0.39, 0.29) is 6.04 Å². The summed E-state index contributed by atoms with van der Waals surface area (Å²) in [6.45, 7) is 1.90. The van der Waals surface area contributed by atoms with Gasteiger partial charge in [-0.05, 0) is 6.42 Å². The van der Waals surface area contributed by atoms with Crippen molar-refractivity contribution in [1.29, 1.82) is 0 Å². The van der Waals surface area contributed by atoms with Gasteiger partial charge in [-0.15, -0.1) is 0 Å². The van der Waals surface area contributed by atoms with Crippen LogP contribution in [0.2, 0.25) is 0 Å². The van der Waals surface area contributed by atoms with E-state index in [9.17, 15) is 4.79 Å². The highest BCUT2D eigenvalue weighted by Gasteiger charge is 2.07. The Balaban J connectivity index is 2.84. The number of nitrogens with zero attached hydrogens (tertiary/aromatic N) is 1. The van der Waals surface area contributed by atoms with Gasteiger partial charge in [0.25, 0.3) is 0 Å². The van der Waals surface area contributed by atoms with Gasteiger partial charge in [-0.2, -0.15) is 0 Å². The lowest BCUT2D eigenvalue weighted by atomic mass is 10.2. The zero-order chi connectivity index (χ0) is 7.56. The molecule has 0 aromatic carbocycles. The maximum atomic E-state index is 10.4. The van der Waals surface area contributed by atoms with E-state index in [1.165, 1.54) is 0 Å². The van der Waals surface area contributed by atoms with Crippen molar-refractivity contribution in [2.24, 2.45) is 5.73 Å². The van der Waals surface area contributed by atoms with Crippen LogP contribution < -0.4 is 11.5 Å². The second-order valence-corrected chi connectivity index (χ2v) is 2.00. The highest BCUT2D eigenvalue weighted by molar-refractivity contribution is 4.86. The summed E-state index contributed by atoms with van der Waals surface area (Å²) in [6.07, 6.45) is 0.725. The lowest BCUT2D eigenvalue weighted by molar-refractivity contribution is 0.377. The van der Waals surface area contributed by atoms with Crippen LogP contribution in [-0.4, -0.2) is 10.1 Å². The molecule has 0 aliphatic rings. The van der Waals surface area contributed by atoms with Gasteiger partial charge in [0, 0.05) is 0 Å². The van der Waals surface area contributed by atoms with E-state index in [1.807, 2.05) is 6.92 Å². The van der Waals surface area contributed by atoms with Crippen LogP contribution in [-0.2, 0) is 0 Å². The van der Waals surface area contributed by atoms with Crippen molar-refractivity contribution < 1.29 is 4.52 Å². The molecule has 10 heavy (non-hydrogen) atoms. The summed E-state index contributed by atoms with van der Waals surface area (Å²) in [4.78, 5) is 12.7. The summed E-state index contributed by atoms with van der Waals surface area (Å²) in [5.74, 6) is -0.147. The largest absolute Gasteiger partial charge is 0.438 e. The van der Waals surface area contributed by atoms with Gasteiger partial charge >= 0.3 is 5.76 Å². The van der Waals surface area contributed by atoms with Crippen LogP contribution in [0.25, 0.3) is 0 Å². The van der Waals surface area contributed by atoms with Crippen molar-refractivity contribution >= 4 is 0 Å². The van der Waals surface area contributed by atoms with E-state index in [0.717, 1.165) is 6.42 Å². The Labute approximate surface area is 57.2 Å². The molecule has 1 rings (SSSR count). The van der Waals surface area contributed by atoms with Crippen LogP contribution >= 0.6 is 0 Å². The maximum Gasteiger partial charge on any atom is 0.438 e. The average molecular weight is 143 g/mol. The molecule has 5 heteroatoms. The normalized spacial score (nSPS) is 13.4. The summed E-state index contributed by atoms with van der Waals surface area (Å²) in [7, 11) is 0. The minimum Gasteiger partial charge on any atom is -0.321 e. The predicted molar refractivity (Wildman–Crippen MR) is 34.3 cm³/mol. The molecule has 0 aliphatic heterocycles. The highest BCUT2D eigenvalue weighted by Crippen LogP contribution is 2.04. The molecule has 3 N–H and O–H groups in total. The fourth-order valence-electron chi connectivity index (χ4n) is 0.595. The molecule has 0 radical (unpaired) electrons. The fraction of sp³-hybridized carbons (Fsp3) is 0.600. The number of nitrogens with one attached hydrogen (secondary N) is 1. The van der Waals surface area contributed by atoms with Gasteiger partial charge in [-0.25, -0.2) is 4.79 Å². The van der Waals surface area contributed by atoms with Crippen LogP contribution in [0.3, 0.4) is 0 Å². The fourth-order valence-corrected chi connectivity index (χ4v) is 0.595. The third kappa shape index (κ3) is 1.24. The van der Waals surface area contributed by atoms with Crippen molar-refractivity contribution in [3.8, 4) is 0 Å². The van der Waals surface area contributed by atoms with Crippen molar-refractivity contribution in [1.82, 2.24) is 10.1 Å². The molecule has 0 bridgehead atoms. The zero-order valence-corrected chi connectivity index (χ0v) is 5.63. The Kier molecular flexibility index (Phi) is 1.86. The van der Waals surface area contributed by atoms with Crippen LogP contribution in [0, 0.1) is 0 Å².